The molecule has 23 heavy (non-hydrogen) atoms. The van der Waals surface area contributed by atoms with Gasteiger partial charge in [-0.15, -0.1) is 0 Å². The van der Waals surface area contributed by atoms with Gasteiger partial charge in [-0.1, -0.05) is 36.8 Å². The summed E-state index contributed by atoms with van der Waals surface area (Å²) in [5.41, 5.74) is -0.395. The minimum Gasteiger partial charge on any atom is -0.453 e. The second kappa shape index (κ2) is 6.88. The van der Waals surface area contributed by atoms with Gasteiger partial charge in [0.25, 0.3) is 0 Å². The van der Waals surface area contributed by atoms with Crippen LogP contribution in [-0.4, -0.2) is 16.6 Å². The summed E-state index contributed by atoms with van der Waals surface area (Å²) in [5.74, 6) is -0.106. The number of aromatic nitrogens is 1. The van der Waals surface area contributed by atoms with Crippen molar-refractivity contribution < 1.29 is 9.53 Å². The maximum absolute atomic E-state index is 12.5. The van der Waals surface area contributed by atoms with Crippen LogP contribution in [0.15, 0.2) is 42.8 Å². The Balaban J connectivity index is 2.40. The van der Waals surface area contributed by atoms with E-state index in [9.17, 15) is 4.79 Å². The molecule has 1 heterocycles. The number of carbonyl (C=O) groups excluding carboxylic acids is 1. The summed E-state index contributed by atoms with van der Waals surface area (Å²) in [6, 6.07) is 1.76. The lowest BCUT2D eigenvalue weighted by Crippen LogP contribution is -2.45. The number of rotatable bonds is 4. The summed E-state index contributed by atoms with van der Waals surface area (Å²) < 4.78 is 6.04. The molecule has 0 amide bonds. The standard InChI is InChI=1S/C19H24ClNO2/c1-5-15-8-6-7-10-19(15,23-17(22)18(2,3)4)12-14-13-21-11-9-16(14)20/h6-11,13,15H,5,12H2,1-4H3. The van der Waals surface area contributed by atoms with Gasteiger partial charge < -0.3 is 4.74 Å². The van der Waals surface area contributed by atoms with Gasteiger partial charge in [-0.05, 0) is 44.9 Å². The SMILES string of the molecule is CCC1C=CC=CC1(Cc1cnccc1Cl)OC(=O)C(C)(C)C. The highest BCUT2D eigenvalue weighted by molar-refractivity contribution is 6.31. The molecule has 1 aromatic heterocycles. The topological polar surface area (TPSA) is 39.2 Å². The van der Waals surface area contributed by atoms with E-state index in [4.69, 9.17) is 16.3 Å². The number of ether oxygens (including phenoxy) is 1. The molecule has 0 aliphatic heterocycles. The number of halogens is 1. The number of hydrogen-bond donors (Lipinski definition) is 0. The molecule has 0 radical (unpaired) electrons. The molecule has 2 atom stereocenters. The lowest BCUT2D eigenvalue weighted by molar-refractivity contribution is -0.168. The lowest BCUT2D eigenvalue weighted by atomic mass is 9.77. The first-order chi connectivity index (χ1) is 10.8. The van der Waals surface area contributed by atoms with Crippen LogP contribution in [0.1, 0.15) is 39.7 Å². The van der Waals surface area contributed by atoms with Crippen molar-refractivity contribution in [3.8, 4) is 0 Å². The molecule has 0 saturated carbocycles. The van der Waals surface area contributed by atoms with Crippen LogP contribution in [0, 0.1) is 11.3 Å². The van der Waals surface area contributed by atoms with E-state index < -0.39 is 11.0 Å². The lowest BCUT2D eigenvalue weighted by Gasteiger charge is -2.39. The van der Waals surface area contributed by atoms with Gasteiger partial charge in [0.05, 0.1) is 5.41 Å². The van der Waals surface area contributed by atoms with E-state index in [1.54, 1.807) is 18.5 Å². The molecule has 0 fully saturated rings. The Morgan fingerprint density at radius 3 is 2.74 bits per heavy atom. The highest BCUT2D eigenvalue weighted by atomic mass is 35.5. The molecule has 1 aliphatic rings. The number of esters is 1. The van der Waals surface area contributed by atoms with Crippen LogP contribution in [-0.2, 0) is 16.0 Å². The van der Waals surface area contributed by atoms with Crippen molar-refractivity contribution in [2.75, 3.05) is 0 Å². The molecule has 0 bridgehead atoms. The third-order valence-electron chi connectivity index (χ3n) is 4.11. The van der Waals surface area contributed by atoms with E-state index in [-0.39, 0.29) is 11.9 Å². The fourth-order valence-corrected chi connectivity index (χ4v) is 2.86. The number of allylic oxidation sites excluding steroid dienone is 2. The third-order valence-corrected chi connectivity index (χ3v) is 4.47. The maximum Gasteiger partial charge on any atom is 0.312 e. The Kier molecular flexibility index (Phi) is 5.30. The summed E-state index contributed by atoms with van der Waals surface area (Å²) in [4.78, 5) is 16.7. The fourth-order valence-electron chi connectivity index (χ4n) is 2.68. The summed E-state index contributed by atoms with van der Waals surface area (Å²) in [7, 11) is 0. The predicted molar refractivity (Wildman–Crippen MR) is 93.3 cm³/mol. The second-order valence-electron chi connectivity index (χ2n) is 7.00. The van der Waals surface area contributed by atoms with Gasteiger partial charge in [0, 0.05) is 29.8 Å². The number of hydrogen-bond acceptors (Lipinski definition) is 3. The Hall–Kier alpha value is -1.61. The van der Waals surface area contributed by atoms with E-state index in [0.717, 1.165) is 12.0 Å². The molecule has 2 unspecified atom stereocenters. The van der Waals surface area contributed by atoms with Gasteiger partial charge in [0.2, 0.25) is 0 Å². The van der Waals surface area contributed by atoms with Gasteiger partial charge in [-0.3, -0.25) is 9.78 Å². The first-order valence-corrected chi connectivity index (χ1v) is 8.34. The molecule has 0 saturated heterocycles. The highest BCUT2D eigenvalue weighted by Crippen LogP contribution is 2.37. The van der Waals surface area contributed by atoms with Gasteiger partial charge >= 0.3 is 5.97 Å². The summed E-state index contributed by atoms with van der Waals surface area (Å²) in [6.45, 7) is 7.69. The third kappa shape index (κ3) is 4.03. The van der Waals surface area contributed by atoms with Crippen LogP contribution in [0.2, 0.25) is 5.02 Å². The average molecular weight is 334 g/mol. The fraction of sp³-hybridized carbons (Fsp3) is 0.474. The van der Waals surface area contributed by atoms with E-state index in [0.29, 0.717) is 11.4 Å². The zero-order chi connectivity index (χ0) is 17.1. The number of pyridine rings is 1. The van der Waals surface area contributed by atoms with E-state index in [2.05, 4.69) is 18.0 Å². The van der Waals surface area contributed by atoms with Crippen molar-refractivity contribution >= 4 is 17.6 Å². The Bertz CT molecular complexity index is 631. The van der Waals surface area contributed by atoms with Gasteiger partial charge in [-0.2, -0.15) is 0 Å². The zero-order valence-corrected chi connectivity index (χ0v) is 14.9. The largest absolute Gasteiger partial charge is 0.453 e. The Labute approximate surface area is 143 Å². The average Bonchev–Trinajstić information content (AvgIpc) is 2.49. The van der Waals surface area contributed by atoms with Crippen LogP contribution in [0.25, 0.3) is 0 Å². The van der Waals surface area contributed by atoms with E-state index in [1.165, 1.54) is 0 Å². The molecule has 124 valence electrons. The number of nitrogens with zero attached hydrogens (tertiary/aromatic N) is 1. The van der Waals surface area contributed by atoms with Gasteiger partial charge in [0.15, 0.2) is 0 Å². The van der Waals surface area contributed by atoms with Crippen LogP contribution in [0.3, 0.4) is 0 Å². The molecular formula is C19H24ClNO2. The minimum absolute atomic E-state index is 0.107. The smallest absolute Gasteiger partial charge is 0.312 e. The van der Waals surface area contributed by atoms with Crippen molar-refractivity contribution in [2.45, 2.75) is 46.1 Å². The molecular weight excluding hydrogens is 310 g/mol. The maximum atomic E-state index is 12.5. The normalized spacial score (nSPS) is 23.8. The van der Waals surface area contributed by atoms with Gasteiger partial charge in [0.1, 0.15) is 5.60 Å². The van der Waals surface area contributed by atoms with Crippen molar-refractivity contribution in [2.24, 2.45) is 11.3 Å². The number of carbonyl (C=O) groups is 1. The molecule has 3 nitrogen and oxygen atoms in total. The zero-order valence-electron chi connectivity index (χ0n) is 14.2. The van der Waals surface area contributed by atoms with Crippen LogP contribution < -0.4 is 0 Å². The quantitative estimate of drug-likeness (QED) is 0.746. The predicted octanol–water partition coefficient (Wildman–Crippen LogP) is 4.76. The minimum atomic E-state index is -0.722. The summed E-state index contributed by atoms with van der Waals surface area (Å²) in [5, 5.41) is 0.643. The van der Waals surface area contributed by atoms with Crippen LogP contribution >= 0.6 is 11.6 Å². The van der Waals surface area contributed by atoms with Crippen molar-refractivity contribution in [1.29, 1.82) is 0 Å². The molecule has 4 heteroatoms. The molecule has 0 spiro atoms. The van der Waals surface area contributed by atoms with E-state index in [1.807, 2.05) is 39.0 Å². The monoisotopic (exact) mass is 333 g/mol. The van der Waals surface area contributed by atoms with Crippen LogP contribution in [0.5, 0.6) is 0 Å². The molecule has 0 N–H and O–H groups in total. The first-order valence-electron chi connectivity index (χ1n) is 7.96. The molecule has 2 rings (SSSR count). The molecule has 0 aromatic carbocycles. The summed E-state index contributed by atoms with van der Waals surface area (Å²) in [6.07, 6.45) is 12.8. The van der Waals surface area contributed by atoms with Crippen molar-refractivity contribution in [1.82, 2.24) is 4.98 Å². The highest BCUT2D eigenvalue weighted by Gasteiger charge is 2.42. The molecule has 1 aliphatic carbocycles. The van der Waals surface area contributed by atoms with E-state index >= 15 is 0 Å². The first kappa shape index (κ1) is 17.7. The summed E-state index contributed by atoms with van der Waals surface area (Å²) >= 11 is 6.30. The van der Waals surface area contributed by atoms with Crippen molar-refractivity contribution in [3.63, 3.8) is 0 Å². The Morgan fingerprint density at radius 2 is 2.13 bits per heavy atom. The second-order valence-corrected chi connectivity index (χ2v) is 7.40. The Morgan fingerprint density at radius 1 is 1.39 bits per heavy atom. The van der Waals surface area contributed by atoms with Crippen LogP contribution in [0.4, 0.5) is 0 Å². The molecule has 1 aromatic rings. The van der Waals surface area contributed by atoms with Crippen molar-refractivity contribution in [3.05, 3.63) is 53.4 Å². The van der Waals surface area contributed by atoms with Gasteiger partial charge in [-0.25, -0.2) is 0 Å².